The molecule has 8 heteroatoms. The van der Waals surface area contributed by atoms with Crippen molar-refractivity contribution in [2.75, 3.05) is 19.6 Å². The Morgan fingerprint density at radius 2 is 0.914 bits per heavy atom. The molecule has 0 aromatic carbocycles. The summed E-state index contributed by atoms with van der Waals surface area (Å²) >= 11 is 0. The Kier molecular flexibility index (Phi) is 8.52. The zero-order chi connectivity index (χ0) is 24.6. The van der Waals surface area contributed by atoms with Crippen LogP contribution in [-0.4, -0.2) is 60.4 Å². The fourth-order valence-corrected chi connectivity index (χ4v) is 4.41. The fraction of sp³-hybridized carbons (Fsp3) is 0.407. The molecule has 3 aromatic heterocycles. The Labute approximate surface area is 207 Å². The Balaban J connectivity index is 1.69. The van der Waals surface area contributed by atoms with E-state index in [4.69, 9.17) is 15.0 Å². The minimum Gasteiger partial charge on any atom is -0.480 e. The lowest BCUT2D eigenvalue weighted by Gasteiger charge is -2.24. The number of hydrogen-bond acceptors (Lipinski definition) is 7. The van der Waals surface area contributed by atoms with Gasteiger partial charge >= 0.3 is 5.97 Å². The van der Waals surface area contributed by atoms with Crippen molar-refractivity contribution in [2.24, 2.45) is 0 Å². The van der Waals surface area contributed by atoms with Gasteiger partial charge in [0.05, 0.1) is 40.7 Å². The zero-order valence-corrected chi connectivity index (χ0v) is 20.6. The monoisotopic (exact) mass is 474 g/mol. The molecule has 4 heterocycles. The standard InChI is InChI=1S/C27H34N6O2/c1-3-31-14-21-8-5-9-22(28-21)15-32(4-2)17-24-11-7-13-26(30-24)19-33(20-27(34)35)18-25-12-6-10-23(16-31)29-25/h5-13H,3-4,14-20H2,1-2H3,(H,34,35). The van der Waals surface area contributed by atoms with E-state index in [1.165, 1.54) is 0 Å². The molecule has 0 unspecified atom stereocenters. The van der Waals surface area contributed by atoms with Gasteiger partial charge in [0.2, 0.25) is 0 Å². The normalized spacial score (nSPS) is 16.4. The first-order valence-corrected chi connectivity index (χ1v) is 12.2. The zero-order valence-electron chi connectivity index (χ0n) is 20.6. The molecule has 184 valence electrons. The summed E-state index contributed by atoms with van der Waals surface area (Å²) in [6.07, 6.45) is 0. The highest BCUT2D eigenvalue weighted by Gasteiger charge is 2.16. The lowest BCUT2D eigenvalue weighted by molar-refractivity contribution is -0.138. The van der Waals surface area contributed by atoms with Gasteiger partial charge in [0.1, 0.15) is 0 Å². The third-order valence-corrected chi connectivity index (χ3v) is 6.16. The van der Waals surface area contributed by atoms with E-state index in [9.17, 15) is 9.90 Å². The number of aromatic nitrogens is 3. The van der Waals surface area contributed by atoms with Gasteiger partial charge in [-0.15, -0.1) is 0 Å². The highest BCUT2D eigenvalue weighted by atomic mass is 16.4. The maximum absolute atomic E-state index is 11.6. The minimum atomic E-state index is -0.859. The summed E-state index contributed by atoms with van der Waals surface area (Å²) < 4.78 is 0. The van der Waals surface area contributed by atoms with Gasteiger partial charge in [0.25, 0.3) is 0 Å². The van der Waals surface area contributed by atoms with Crippen LogP contribution in [0.5, 0.6) is 0 Å². The first-order chi connectivity index (χ1) is 17.0. The predicted octanol–water partition coefficient (Wildman–Crippen LogP) is 3.32. The molecular weight excluding hydrogens is 440 g/mol. The molecule has 0 amide bonds. The van der Waals surface area contributed by atoms with Crippen LogP contribution in [0, 0.1) is 0 Å². The first kappa shape index (κ1) is 24.9. The van der Waals surface area contributed by atoms with Gasteiger partial charge in [-0.3, -0.25) is 34.4 Å². The maximum atomic E-state index is 11.6. The van der Waals surface area contributed by atoms with Gasteiger partial charge in [0.15, 0.2) is 0 Å². The van der Waals surface area contributed by atoms with Crippen LogP contribution < -0.4 is 0 Å². The second kappa shape index (κ2) is 12.0. The van der Waals surface area contributed by atoms with E-state index in [1.807, 2.05) is 41.3 Å². The van der Waals surface area contributed by atoms with E-state index in [0.717, 1.165) is 60.3 Å². The van der Waals surface area contributed by atoms with E-state index < -0.39 is 5.97 Å². The number of fused-ring (bicyclic) bond motifs is 6. The summed E-state index contributed by atoms with van der Waals surface area (Å²) in [5.74, 6) is -0.859. The molecule has 0 spiro atoms. The van der Waals surface area contributed by atoms with Crippen molar-refractivity contribution in [1.29, 1.82) is 0 Å². The van der Waals surface area contributed by atoms with Crippen molar-refractivity contribution in [3.8, 4) is 0 Å². The molecule has 0 saturated heterocycles. The van der Waals surface area contributed by atoms with Crippen molar-refractivity contribution in [2.45, 2.75) is 53.1 Å². The molecule has 1 N–H and O–H groups in total. The number of pyridine rings is 3. The van der Waals surface area contributed by atoms with Gasteiger partial charge in [-0.25, -0.2) is 0 Å². The topological polar surface area (TPSA) is 85.7 Å². The lowest BCUT2D eigenvalue weighted by Crippen LogP contribution is -2.30. The number of hydrogen-bond donors (Lipinski definition) is 1. The Morgan fingerprint density at radius 3 is 1.17 bits per heavy atom. The van der Waals surface area contributed by atoms with E-state index in [-0.39, 0.29) is 6.54 Å². The van der Waals surface area contributed by atoms with Crippen molar-refractivity contribution in [3.63, 3.8) is 0 Å². The SMILES string of the molecule is CCN1Cc2cccc(n2)CN(CC)Cc2cccc(n2)CN(CC(=O)O)Cc2cccc(n2)C1. The molecule has 8 nitrogen and oxygen atoms in total. The third kappa shape index (κ3) is 7.39. The van der Waals surface area contributed by atoms with Crippen molar-refractivity contribution >= 4 is 5.97 Å². The summed E-state index contributed by atoms with van der Waals surface area (Å²) in [6.45, 7) is 9.79. The molecule has 4 rings (SSSR count). The van der Waals surface area contributed by atoms with Gasteiger partial charge in [-0.05, 0) is 49.5 Å². The molecule has 3 aromatic rings. The fourth-order valence-electron chi connectivity index (χ4n) is 4.41. The lowest BCUT2D eigenvalue weighted by atomic mass is 10.2. The Hall–Kier alpha value is -3.20. The van der Waals surface area contributed by atoms with Crippen LogP contribution in [0.4, 0.5) is 0 Å². The molecular formula is C27H34N6O2. The van der Waals surface area contributed by atoms with Crippen molar-refractivity contribution in [1.82, 2.24) is 29.7 Å². The summed E-state index contributed by atoms with van der Waals surface area (Å²) in [4.78, 5) is 32.8. The number of rotatable bonds is 4. The largest absolute Gasteiger partial charge is 0.480 e. The molecule has 0 saturated carbocycles. The maximum Gasteiger partial charge on any atom is 0.317 e. The van der Waals surface area contributed by atoms with Crippen LogP contribution in [0.25, 0.3) is 0 Å². The van der Waals surface area contributed by atoms with E-state index in [0.29, 0.717) is 26.2 Å². The molecule has 0 fully saturated rings. The van der Waals surface area contributed by atoms with Gasteiger partial charge in [-0.1, -0.05) is 32.0 Å². The van der Waals surface area contributed by atoms with Crippen LogP contribution in [0.1, 0.15) is 48.0 Å². The summed E-state index contributed by atoms with van der Waals surface area (Å²) in [5.41, 5.74) is 5.74. The van der Waals surface area contributed by atoms with Crippen LogP contribution in [0.2, 0.25) is 0 Å². The average Bonchev–Trinajstić information content (AvgIpc) is 2.83. The molecule has 0 atom stereocenters. The van der Waals surface area contributed by atoms with Crippen LogP contribution >= 0.6 is 0 Å². The summed E-state index contributed by atoms with van der Waals surface area (Å²) in [7, 11) is 0. The predicted molar refractivity (Wildman–Crippen MR) is 134 cm³/mol. The van der Waals surface area contributed by atoms with Gasteiger partial charge < -0.3 is 5.11 Å². The van der Waals surface area contributed by atoms with Gasteiger partial charge in [0, 0.05) is 39.3 Å². The van der Waals surface area contributed by atoms with Crippen LogP contribution in [-0.2, 0) is 44.1 Å². The first-order valence-electron chi connectivity index (χ1n) is 12.2. The quantitative estimate of drug-likeness (QED) is 0.616. The van der Waals surface area contributed by atoms with E-state index >= 15 is 0 Å². The number of carboxylic acids is 1. The van der Waals surface area contributed by atoms with E-state index in [1.54, 1.807) is 0 Å². The van der Waals surface area contributed by atoms with Crippen LogP contribution in [0.3, 0.4) is 0 Å². The van der Waals surface area contributed by atoms with Crippen LogP contribution in [0.15, 0.2) is 54.6 Å². The number of aliphatic carboxylic acids is 1. The van der Waals surface area contributed by atoms with Gasteiger partial charge in [-0.2, -0.15) is 0 Å². The summed E-state index contributed by atoms with van der Waals surface area (Å²) in [6, 6.07) is 18.2. The third-order valence-electron chi connectivity index (χ3n) is 6.16. The molecule has 35 heavy (non-hydrogen) atoms. The molecule has 1 aliphatic rings. The number of nitrogens with zero attached hydrogens (tertiary/aromatic N) is 6. The highest BCUT2D eigenvalue weighted by Crippen LogP contribution is 2.14. The Bertz CT molecular complexity index is 1060. The van der Waals surface area contributed by atoms with E-state index in [2.05, 4.69) is 41.8 Å². The average molecular weight is 475 g/mol. The summed E-state index contributed by atoms with van der Waals surface area (Å²) in [5, 5.41) is 9.51. The second-order valence-electron chi connectivity index (χ2n) is 9.01. The highest BCUT2D eigenvalue weighted by molar-refractivity contribution is 5.69. The van der Waals surface area contributed by atoms with Crippen molar-refractivity contribution in [3.05, 3.63) is 88.8 Å². The smallest absolute Gasteiger partial charge is 0.317 e. The molecule has 1 aliphatic heterocycles. The van der Waals surface area contributed by atoms with Crippen molar-refractivity contribution < 1.29 is 9.90 Å². The number of carbonyl (C=O) groups is 1. The minimum absolute atomic E-state index is 0.0691. The number of carboxylic acid groups (broad SMARTS) is 1. The Morgan fingerprint density at radius 1 is 0.629 bits per heavy atom. The second-order valence-corrected chi connectivity index (χ2v) is 9.01. The molecule has 0 radical (unpaired) electrons. The molecule has 0 aliphatic carbocycles. The molecule has 6 bridgehead atoms.